The van der Waals surface area contributed by atoms with Crippen LogP contribution in [0.1, 0.15) is 25.3 Å². The fraction of sp³-hybridized carbons (Fsp3) is 0.227. The highest BCUT2D eigenvalue weighted by atomic mass is 32.1. The predicted molar refractivity (Wildman–Crippen MR) is 119 cm³/mol. The molecule has 0 aliphatic carbocycles. The summed E-state index contributed by atoms with van der Waals surface area (Å²) < 4.78 is 7.79. The molecule has 0 amide bonds. The topological polar surface area (TPSA) is 72.3 Å². The lowest BCUT2D eigenvalue weighted by Crippen LogP contribution is -2.17. The molecule has 4 aromatic rings. The standard InChI is InChI=1S/C22H22N4O2S/c1-3-4-13-23-14-17-20(15-9-11-16(28-2)12-10-15)25-26(21(17)27)22-24-18-7-5-6-8-19(18)29-22/h5-12,14,25H,3-4,13H2,1-2H3. The number of aromatic amines is 1. The van der Waals surface area contributed by atoms with Gasteiger partial charge in [-0.25, -0.2) is 4.98 Å². The average molecular weight is 407 g/mol. The molecule has 0 saturated heterocycles. The summed E-state index contributed by atoms with van der Waals surface area (Å²) in [6.07, 6.45) is 3.73. The molecule has 29 heavy (non-hydrogen) atoms. The third kappa shape index (κ3) is 3.86. The number of hydrogen-bond donors (Lipinski definition) is 1. The van der Waals surface area contributed by atoms with Crippen LogP contribution in [0.25, 0.3) is 26.6 Å². The molecular weight excluding hydrogens is 384 g/mol. The van der Waals surface area contributed by atoms with Crippen molar-refractivity contribution in [3.63, 3.8) is 0 Å². The molecule has 0 aliphatic heterocycles. The third-order valence-electron chi connectivity index (χ3n) is 4.64. The van der Waals surface area contributed by atoms with E-state index in [0.717, 1.165) is 40.1 Å². The van der Waals surface area contributed by atoms with Crippen molar-refractivity contribution in [2.45, 2.75) is 19.8 Å². The highest BCUT2D eigenvalue weighted by molar-refractivity contribution is 7.20. The van der Waals surface area contributed by atoms with E-state index in [-0.39, 0.29) is 5.56 Å². The van der Waals surface area contributed by atoms with Crippen LogP contribution in [0.4, 0.5) is 0 Å². The summed E-state index contributed by atoms with van der Waals surface area (Å²) in [7, 11) is 1.63. The van der Waals surface area contributed by atoms with E-state index in [1.807, 2.05) is 48.5 Å². The first kappa shape index (κ1) is 19.1. The van der Waals surface area contributed by atoms with Gasteiger partial charge in [0.05, 0.1) is 28.6 Å². The Morgan fingerprint density at radius 3 is 2.72 bits per heavy atom. The molecule has 0 bridgehead atoms. The summed E-state index contributed by atoms with van der Waals surface area (Å²) in [6, 6.07) is 15.5. The van der Waals surface area contributed by atoms with E-state index >= 15 is 0 Å². The van der Waals surface area contributed by atoms with Crippen molar-refractivity contribution in [2.24, 2.45) is 4.99 Å². The van der Waals surface area contributed by atoms with E-state index in [0.29, 0.717) is 17.2 Å². The Labute approximate surface area is 172 Å². The van der Waals surface area contributed by atoms with Gasteiger partial charge in [0, 0.05) is 18.3 Å². The summed E-state index contributed by atoms with van der Waals surface area (Å²) in [5, 5.41) is 3.85. The van der Waals surface area contributed by atoms with Gasteiger partial charge >= 0.3 is 0 Å². The number of unbranched alkanes of at least 4 members (excludes halogenated alkanes) is 1. The van der Waals surface area contributed by atoms with Gasteiger partial charge in [0.15, 0.2) is 0 Å². The zero-order valence-electron chi connectivity index (χ0n) is 16.4. The van der Waals surface area contributed by atoms with Gasteiger partial charge in [-0.15, -0.1) is 0 Å². The largest absolute Gasteiger partial charge is 0.497 e. The molecule has 148 valence electrons. The number of aliphatic imine (C=N–C) groups is 1. The minimum Gasteiger partial charge on any atom is -0.497 e. The lowest BCUT2D eigenvalue weighted by atomic mass is 10.1. The third-order valence-corrected chi connectivity index (χ3v) is 5.66. The minimum atomic E-state index is -0.157. The number of nitrogens with one attached hydrogen (secondary N) is 1. The van der Waals surface area contributed by atoms with Gasteiger partial charge in [-0.1, -0.05) is 36.8 Å². The summed E-state index contributed by atoms with van der Waals surface area (Å²) in [4.78, 5) is 22.3. The number of para-hydroxylation sites is 1. The van der Waals surface area contributed by atoms with E-state index in [1.165, 1.54) is 16.0 Å². The second-order valence-corrected chi connectivity index (χ2v) is 7.63. The first-order valence-corrected chi connectivity index (χ1v) is 10.4. The number of nitrogens with zero attached hydrogens (tertiary/aromatic N) is 3. The Bertz CT molecular complexity index is 1170. The van der Waals surface area contributed by atoms with Crippen LogP contribution in [0.15, 0.2) is 58.3 Å². The summed E-state index contributed by atoms with van der Waals surface area (Å²) in [6.45, 7) is 2.82. The van der Waals surface area contributed by atoms with Crippen LogP contribution in [0.3, 0.4) is 0 Å². The number of ether oxygens (including phenoxy) is 1. The molecule has 2 aromatic carbocycles. The number of H-pyrrole nitrogens is 1. The van der Waals surface area contributed by atoms with Crippen LogP contribution in [-0.4, -0.2) is 34.6 Å². The Kier molecular flexibility index (Phi) is 5.57. The Morgan fingerprint density at radius 2 is 2.00 bits per heavy atom. The normalized spacial score (nSPS) is 11.5. The molecule has 0 unspecified atom stereocenters. The van der Waals surface area contributed by atoms with Crippen molar-refractivity contribution in [1.82, 2.24) is 14.8 Å². The van der Waals surface area contributed by atoms with Crippen LogP contribution in [-0.2, 0) is 0 Å². The molecule has 0 aliphatic rings. The van der Waals surface area contributed by atoms with E-state index in [1.54, 1.807) is 13.3 Å². The van der Waals surface area contributed by atoms with Crippen molar-refractivity contribution < 1.29 is 4.74 Å². The zero-order valence-corrected chi connectivity index (χ0v) is 17.2. The lowest BCUT2D eigenvalue weighted by Gasteiger charge is -2.02. The first-order valence-electron chi connectivity index (χ1n) is 9.56. The van der Waals surface area contributed by atoms with Crippen molar-refractivity contribution in [3.05, 3.63) is 64.4 Å². The Hall–Kier alpha value is -3.19. The monoisotopic (exact) mass is 406 g/mol. The van der Waals surface area contributed by atoms with E-state index in [4.69, 9.17) is 4.74 Å². The molecule has 2 aromatic heterocycles. The lowest BCUT2D eigenvalue weighted by molar-refractivity contribution is 0.415. The maximum Gasteiger partial charge on any atom is 0.282 e. The highest BCUT2D eigenvalue weighted by Crippen LogP contribution is 2.26. The molecule has 0 spiro atoms. The molecule has 0 radical (unpaired) electrons. The maximum absolute atomic E-state index is 13.2. The van der Waals surface area contributed by atoms with E-state index < -0.39 is 0 Å². The van der Waals surface area contributed by atoms with Crippen LogP contribution in [0.2, 0.25) is 0 Å². The van der Waals surface area contributed by atoms with Gasteiger partial charge < -0.3 is 4.74 Å². The number of benzene rings is 2. The Morgan fingerprint density at radius 1 is 1.21 bits per heavy atom. The van der Waals surface area contributed by atoms with Crippen molar-refractivity contribution >= 4 is 27.8 Å². The molecule has 0 saturated carbocycles. The number of thiazole rings is 1. The molecule has 0 atom stereocenters. The van der Waals surface area contributed by atoms with Crippen LogP contribution < -0.4 is 10.3 Å². The second-order valence-electron chi connectivity index (χ2n) is 6.62. The SMILES string of the molecule is CCCCN=Cc1c(-c2ccc(OC)cc2)[nH]n(-c2nc3ccccc3s2)c1=O. The molecule has 0 fully saturated rings. The van der Waals surface area contributed by atoms with Crippen molar-refractivity contribution in [3.8, 4) is 22.1 Å². The van der Waals surface area contributed by atoms with Crippen LogP contribution in [0.5, 0.6) is 5.75 Å². The quantitative estimate of drug-likeness (QED) is 0.358. The van der Waals surface area contributed by atoms with Gasteiger partial charge in [-0.05, 0) is 42.8 Å². The summed E-state index contributed by atoms with van der Waals surface area (Å²) in [5.74, 6) is 0.764. The van der Waals surface area contributed by atoms with Gasteiger partial charge in [0.2, 0.25) is 5.13 Å². The van der Waals surface area contributed by atoms with Gasteiger partial charge in [-0.2, -0.15) is 4.68 Å². The molecule has 1 N–H and O–H groups in total. The predicted octanol–water partition coefficient (Wildman–Crippen LogP) is 4.67. The summed E-state index contributed by atoms with van der Waals surface area (Å²) >= 11 is 1.48. The molecule has 4 rings (SSSR count). The summed E-state index contributed by atoms with van der Waals surface area (Å²) in [5.41, 5.74) is 2.86. The van der Waals surface area contributed by atoms with Gasteiger partial charge in [0.1, 0.15) is 5.75 Å². The van der Waals surface area contributed by atoms with Crippen LogP contribution in [0, 0.1) is 0 Å². The van der Waals surface area contributed by atoms with Crippen molar-refractivity contribution in [2.75, 3.05) is 13.7 Å². The molecule has 2 heterocycles. The number of fused-ring (bicyclic) bond motifs is 1. The zero-order chi connectivity index (χ0) is 20.2. The smallest absolute Gasteiger partial charge is 0.282 e. The highest BCUT2D eigenvalue weighted by Gasteiger charge is 2.17. The Balaban J connectivity index is 1.82. The molecular formula is C22H22N4O2S. The van der Waals surface area contributed by atoms with E-state index in [2.05, 4.69) is 22.0 Å². The van der Waals surface area contributed by atoms with Gasteiger partial charge in [0.25, 0.3) is 5.56 Å². The number of methoxy groups -OCH3 is 1. The molecule has 6 nitrogen and oxygen atoms in total. The number of aromatic nitrogens is 3. The second kappa shape index (κ2) is 8.45. The maximum atomic E-state index is 13.2. The van der Waals surface area contributed by atoms with E-state index in [9.17, 15) is 4.79 Å². The average Bonchev–Trinajstić information content (AvgIpc) is 3.32. The minimum absolute atomic E-state index is 0.157. The first-order chi connectivity index (χ1) is 14.2. The molecule has 7 heteroatoms. The van der Waals surface area contributed by atoms with Crippen LogP contribution >= 0.6 is 11.3 Å². The fourth-order valence-corrected chi connectivity index (χ4v) is 3.97. The fourth-order valence-electron chi connectivity index (χ4n) is 3.04. The van der Waals surface area contributed by atoms with Crippen molar-refractivity contribution in [1.29, 1.82) is 0 Å². The number of hydrogen-bond acceptors (Lipinski definition) is 5. The number of rotatable bonds is 7. The van der Waals surface area contributed by atoms with Gasteiger partial charge in [-0.3, -0.25) is 14.9 Å².